The van der Waals surface area contributed by atoms with E-state index >= 15 is 0 Å². The van der Waals surface area contributed by atoms with Gasteiger partial charge in [-0.1, -0.05) is 30.3 Å². The van der Waals surface area contributed by atoms with Crippen molar-refractivity contribution in [3.05, 3.63) is 35.9 Å². The van der Waals surface area contributed by atoms with E-state index in [2.05, 4.69) is 30.0 Å². The Balaban J connectivity index is 2.10. The summed E-state index contributed by atoms with van der Waals surface area (Å²) >= 11 is 0. The van der Waals surface area contributed by atoms with Crippen molar-refractivity contribution in [2.24, 2.45) is 0 Å². The van der Waals surface area contributed by atoms with Gasteiger partial charge in [0.1, 0.15) is 0 Å². The van der Waals surface area contributed by atoms with Crippen molar-refractivity contribution in [1.82, 2.24) is 4.90 Å². The average molecular weight is 186 g/mol. The molecule has 1 aromatic rings. The van der Waals surface area contributed by atoms with E-state index in [0.29, 0.717) is 6.04 Å². The number of hydrogen-bond acceptors (Lipinski definition) is 2. The van der Waals surface area contributed by atoms with Crippen LogP contribution in [0.2, 0.25) is 0 Å². The topological polar surface area (TPSA) is 27.0 Å². The van der Waals surface area contributed by atoms with Gasteiger partial charge in [-0.3, -0.25) is 4.90 Å². The first kappa shape index (κ1) is 9.23. The van der Waals surface area contributed by atoms with Crippen LogP contribution in [0.25, 0.3) is 0 Å². The Labute approximate surface area is 84.8 Å². The van der Waals surface area contributed by atoms with E-state index in [4.69, 9.17) is 5.26 Å². The molecule has 1 aliphatic rings. The second-order valence-electron chi connectivity index (χ2n) is 3.76. The molecule has 0 aromatic heterocycles. The summed E-state index contributed by atoms with van der Waals surface area (Å²) in [5.74, 6) is 0. The van der Waals surface area contributed by atoms with Crippen LogP contribution in [0.3, 0.4) is 0 Å². The lowest BCUT2D eigenvalue weighted by molar-refractivity contribution is 0.0834. The lowest BCUT2D eigenvalue weighted by Crippen LogP contribution is -2.47. The molecule has 0 aliphatic carbocycles. The van der Waals surface area contributed by atoms with Gasteiger partial charge < -0.3 is 0 Å². The number of nitriles is 1. The van der Waals surface area contributed by atoms with Crippen molar-refractivity contribution in [3.63, 3.8) is 0 Å². The smallest absolute Gasteiger partial charge is 0.0995 e. The van der Waals surface area contributed by atoms with Gasteiger partial charge in [-0.15, -0.1) is 0 Å². The zero-order valence-corrected chi connectivity index (χ0v) is 8.35. The molecule has 2 nitrogen and oxygen atoms in total. The molecular weight excluding hydrogens is 172 g/mol. The summed E-state index contributed by atoms with van der Waals surface area (Å²) < 4.78 is 0. The van der Waals surface area contributed by atoms with Crippen LogP contribution < -0.4 is 0 Å². The molecule has 2 atom stereocenters. The lowest BCUT2D eigenvalue weighted by atomic mass is 9.97. The summed E-state index contributed by atoms with van der Waals surface area (Å²) in [7, 11) is 0. The predicted octanol–water partition coefficient (Wildman–Crippen LogP) is 2.35. The third-order valence-corrected chi connectivity index (χ3v) is 2.99. The fourth-order valence-electron chi connectivity index (χ4n) is 1.93. The fraction of sp³-hybridized carbons (Fsp3) is 0.417. The zero-order chi connectivity index (χ0) is 9.97. The van der Waals surface area contributed by atoms with Crippen molar-refractivity contribution in [3.8, 4) is 6.07 Å². The highest BCUT2D eigenvalue weighted by molar-refractivity contribution is 5.20. The van der Waals surface area contributed by atoms with E-state index in [1.807, 2.05) is 18.2 Å². The average Bonchev–Trinajstić information content (AvgIpc) is 2.18. The molecule has 0 amide bonds. The van der Waals surface area contributed by atoms with E-state index in [0.717, 1.165) is 13.0 Å². The van der Waals surface area contributed by atoms with Crippen molar-refractivity contribution in [2.45, 2.75) is 25.4 Å². The normalized spacial score (nSPS) is 23.6. The van der Waals surface area contributed by atoms with E-state index in [1.54, 1.807) is 0 Å². The Morgan fingerprint density at radius 3 is 2.64 bits per heavy atom. The molecule has 0 N–H and O–H groups in total. The van der Waals surface area contributed by atoms with Gasteiger partial charge in [0.15, 0.2) is 0 Å². The Kier molecular flexibility index (Phi) is 2.51. The van der Waals surface area contributed by atoms with E-state index < -0.39 is 0 Å². The first-order chi connectivity index (χ1) is 6.83. The first-order valence-corrected chi connectivity index (χ1v) is 5.03. The SMILES string of the molecule is C[C@@H](c1ccccc1)N1CC[C@@H]1C#N. The molecule has 1 heterocycles. The molecule has 0 bridgehead atoms. The summed E-state index contributed by atoms with van der Waals surface area (Å²) in [5.41, 5.74) is 1.30. The van der Waals surface area contributed by atoms with Crippen LogP contribution in [0.1, 0.15) is 24.9 Å². The molecule has 0 radical (unpaired) electrons. The van der Waals surface area contributed by atoms with Gasteiger partial charge in [-0.05, 0) is 18.9 Å². The van der Waals surface area contributed by atoms with Gasteiger partial charge in [-0.25, -0.2) is 0 Å². The van der Waals surface area contributed by atoms with Crippen LogP contribution in [-0.2, 0) is 0 Å². The summed E-state index contributed by atoms with van der Waals surface area (Å²) in [6.07, 6.45) is 1.02. The molecule has 0 saturated carbocycles. The largest absolute Gasteiger partial charge is 0.281 e. The number of nitrogens with zero attached hydrogens (tertiary/aromatic N) is 2. The first-order valence-electron chi connectivity index (χ1n) is 5.03. The molecule has 0 spiro atoms. The third-order valence-electron chi connectivity index (χ3n) is 2.99. The van der Waals surface area contributed by atoms with Gasteiger partial charge in [-0.2, -0.15) is 5.26 Å². The molecular formula is C12H14N2. The summed E-state index contributed by atoms with van der Waals surface area (Å²) in [5, 5.41) is 8.86. The van der Waals surface area contributed by atoms with Crippen LogP contribution >= 0.6 is 0 Å². The molecule has 1 saturated heterocycles. The number of benzene rings is 1. The molecule has 2 heteroatoms. The van der Waals surface area contributed by atoms with E-state index in [-0.39, 0.29) is 6.04 Å². The monoisotopic (exact) mass is 186 g/mol. The lowest BCUT2D eigenvalue weighted by Gasteiger charge is -2.41. The Bertz CT molecular complexity index is 339. The minimum Gasteiger partial charge on any atom is -0.281 e. The van der Waals surface area contributed by atoms with E-state index in [9.17, 15) is 0 Å². The standard InChI is InChI=1S/C12H14N2/c1-10(11-5-3-2-4-6-11)14-8-7-12(14)9-13/h2-6,10,12H,7-8H2,1H3/t10-,12+/m0/s1. The molecule has 2 rings (SSSR count). The molecule has 14 heavy (non-hydrogen) atoms. The second-order valence-corrected chi connectivity index (χ2v) is 3.76. The van der Waals surface area contributed by atoms with E-state index in [1.165, 1.54) is 5.56 Å². The van der Waals surface area contributed by atoms with Crippen LogP contribution in [0.15, 0.2) is 30.3 Å². The molecule has 1 aliphatic heterocycles. The number of hydrogen-bond donors (Lipinski definition) is 0. The van der Waals surface area contributed by atoms with Crippen molar-refractivity contribution in [1.29, 1.82) is 5.26 Å². The van der Waals surface area contributed by atoms with Gasteiger partial charge in [0.25, 0.3) is 0 Å². The minimum atomic E-state index is 0.130. The van der Waals surface area contributed by atoms with Crippen LogP contribution in [0, 0.1) is 11.3 Å². The van der Waals surface area contributed by atoms with Gasteiger partial charge in [0, 0.05) is 12.6 Å². The maximum atomic E-state index is 8.86. The highest BCUT2D eigenvalue weighted by atomic mass is 15.2. The van der Waals surface area contributed by atoms with Crippen molar-refractivity contribution < 1.29 is 0 Å². The Hall–Kier alpha value is -1.33. The maximum Gasteiger partial charge on any atom is 0.0995 e. The highest BCUT2D eigenvalue weighted by Crippen LogP contribution is 2.29. The third kappa shape index (κ3) is 1.51. The highest BCUT2D eigenvalue weighted by Gasteiger charge is 2.31. The fourth-order valence-corrected chi connectivity index (χ4v) is 1.93. The molecule has 1 aromatic carbocycles. The van der Waals surface area contributed by atoms with Gasteiger partial charge in [0.05, 0.1) is 12.1 Å². The molecule has 1 fully saturated rings. The van der Waals surface area contributed by atoms with Crippen molar-refractivity contribution >= 4 is 0 Å². The summed E-state index contributed by atoms with van der Waals surface area (Å²) in [6, 6.07) is 13.2. The van der Waals surface area contributed by atoms with Crippen LogP contribution in [0.4, 0.5) is 0 Å². The van der Waals surface area contributed by atoms with Crippen LogP contribution in [0.5, 0.6) is 0 Å². The Morgan fingerprint density at radius 1 is 1.43 bits per heavy atom. The molecule has 0 unspecified atom stereocenters. The zero-order valence-electron chi connectivity index (χ0n) is 8.35. The Morgan fingerprint density at radius 2 is 2.14 bits per heavy atom. The molecule has 72 valence electrons. The summed E-state index contributed by atoms with van der Waals surface area (Å²) in [4.78, 5) is 2.25. The minimum absolute atomic E-state index is 0.130. The second kappa shape index (κ2) is 3.81. The quantitative estimate of drug-likeness (QED) is 0.709. The predicted molar refractivity (Wildman–Crippen MR) is 55.6 cm³/mol. The summed E-state index contributed by atoms with van der Waals surface area (Å²) in [6.45, 7) is 3.22. The van der Waals surface area contributed by atoms with Crippen LogP contribution in [-0.4, -0.2) is 17.5 Å². The number of rotatable bonds is 2. The maximum absolute atomic E-state index is 8.86. The number of likely N-dealkylation sites (tertiary alicyclic amines) is 1. The van der Waals surface area contributed by atoms with Gasteiger partial charge in [0.2, 0.25) is 0 Å². The van der Waals surface area contributed by atoms with Crippen molar-refractivity contribution in [2.75, 3.05) is 6.54 Å². The van der Waals surface area contributed by atoms with Gasteiger partial charge >= 0.3 is 0 Å².